The molecule has 34 heavy (non-hydrogen) atoms. The van der Waals surface area contributed by atoms with Gasteiger partial charge in [-0.1, -0.05) is 29.5 Å². The van der Waals surface area contributed by atoms with Crippen molar-refractivity contribution in [2.75, 3.05) is 24.8 Å². The van der Waals surface area contributed by atoms with Crippen molar-refractivity contribution in [3.63, 3.8) is 0 Å². The third-order valence-corrected chi connectivity index (χ3v) is 6.31. The topological polar surface area (TPSA) is 118 Å². The van der Waals surface area contributed by atoms with Crippen LogP contribution in [-0.4, -0.2) is 51.2 Å². The van der Waals surface area contributed by atoms with Gasteiger partial charge in [-0.2, -0.15) is 0 Å². The van der Waals surface area contributed by atoms with Gasteiger partial charge in [0.1, 0.15) is 11.8 Å². The molecule has 3 N–H and O–H groups in total. The van der Waals surface area contributed by atoms with E-state index in [1.807, 2.05) is 32.9 Å². The summed E-state index contributed by atoms with van der Waals surface area (Å²) in [6, 6.07) is 9.94. The molecule has 1 heterocycles. The lowest BCUT2D eigenvalue weighted by molar-refractivity contribution is -0.113. The molecule has 0 fully saturated rings. The number of benzene rings is 2. The van der Waals surface area contributed by atoms with Crippen molar-refractivity contribution in [1.82, 2.24) is 20.1 Å². The smallest absolute Gasteiger partial charge is 0.251 e. The van der Waals surface area contributed by atoms with Crippen molar-refractivity contribution in [1.29, 1.82) is 0 Å². The summed E-state index contributed by atoms with van der Waals surface area (Å²) < 4.78 is 6.77. The molecule has 9 nitrogen and oxygen atoms in total. The number of rotatable bonds is 9. The minimum atomic E-state index is -0.756. The number of aliphatic hydroxyl groups excluding tert-OH is 1. The summed E-state index contributed by atoms with van der Waals surface area (Å²) in [4.78, 5) is 25.1. The zero-order valence-electron chi connectivity index (χ0n) is 19.9. The first-order chi connectivity index (χ1) is 16.2. The van der Waals surface area contributed by atoms with Gasteiger partial charge in [-0.25, -0.2) is 0 Å². The number of anilines is 1. The van der Waals surface area contributed by atoms with E-state index in [1.54, 1.807) is 43.0 Å². The Morgan fingerprint density at radius 3 is 2.35 bits per heavy atom. The maximum absolute atomic E-state index is 12.6. The normalized spacial score (nSPS) is 11.7. The summed E-state index contributed by atoms with van der Waals surface area (Å²) in [7, 11) is 3.28. The number of nitrogens with one attached hydrogen (secondary N) is 2. The Bertz CT molecular complexity index is 1150. The number of amides is 2. The van der Waals surface area contributed by atoms with Gasteiger partial charge < -0.3 is 25.0 Å². The molecule has 2 aromatic carbocycles. The van der Waals surface area contributed by atoms with Gasteiger partial charge in [-0.3, -0.25) is 9.59 Å². The second kappa shape index (κ2) is 11.2. The molecule has 3 aromatic rings. The number of carbonyl (C=O) groups excluding carboxylic acids is 2. The maximum atomic E-state index is 12.6. The predicted octanol–water partition coefficient (Wildman–Crippen LogP) is 2.94. The molecule has 1 aromatic heterocycles. The molecule has 0 saturated heterocycles. The number of aliphatic hydroxyl groups is 1. The lowest BCUT2D eigenvalue weighted by atomic mass is 10.1. The summed E-state index contributed by atoms with van der Waals surface area (Å²) >= 11 is 1.23. The van der Waals surface area contributed by atoms with Gasteiger partial charge in [0.25, 0.3) is 5.91 Å². The molecule has 3 rings (SSSR count). The Morgan fingerprint density at radius 2 is 1.76 bits per heavy atom. The van der Waals surface area contributed by atoms with Gasteiger partial charge >= 0.3 is 0 Å². The molecule has 2 amide bonds. The fourth-order valence-electron chi connectivity index (χ4n) is 3.61. The number of thioether (sulfide) groups is 1. The fraction of sp³-hybridized carbons (Fsp3) is 0.333. The van der Waals surface area contributed by atoms with Crippen LogP contribution in [0.5, 0.6) is 5.75 Å². The van der Waals surface area contributed by atoms with Crippen LogP contribution in [0.4, 0.5) is 5.69 Å². The quantitative estimate of drug-likeness (QED) is 0.401. The van der Waals surface area contributed by atoms with E-state index < -0.39 is 6.04 Å². The van der Waals surface area contributed by atoms with Crippen LogP contribution in [0.15, 0.2) is 41.6 Å². The van der Waals surface area contributed by atoms with E-state index in [4.69, 9.17) is 4.74 Å². The van der Waals surface area contributed by atoms with E-state index in [0.717, 1.165) is 22.4 Å². The molecule has 0 spiro atoms. The average Bonchev–Trinajstić information content (AvgIpc) is 3.18. The van der Waals surface area contributed by atoms with Crippen LogP contribution >= 0.6 is 11.8 Å². The highest BCUT2D eigenvalue weighted by Crippen LogP contribution is 2.24. The molecule has 0 bridgehead atoms. The molecule has 0 radical (unpaired) electrons. The molecular formula is C24H29N5O4S. The summed E-state index contributed by atoms with van der Waals surface area (Å²) in [5, 5.41) is 24.3. The summed E-state index contributed by atoms with van der Waals surface area (Å²) in [5.74, 6) is 0.651. The molecule has 1 atom stereocenters. The SMILES string of the molecule is COc1ccc(C(=O)N[C@H](CO)c2nnc(SCC(=O)Nc3c(C)cc(C)cc3C)n2C)cc1. The lowest BCUT2D eigenvalue weighted by Gasteiger charge is -2.16. The standard InChI is InChI=1S/C24H29N5O4S/c1-14-10-15(2)21(16(3)11-14)26-20(31)13-34-24-28-27-22(29(24)4)19(12-30)25-23(32)17-6-8-18(33-5)9-7-17/h6-11,19,30H,12-13H2,1-5H3,(H,25,32)(H,26,31)/t19-/m1/s1. The van der Waals surface area contributed by atoms with Crippen molar-refractivity contribution in [3.8, 4) is 5.75 Å². The van der Waals surface area contributed by atoms with Crippen LogP contribution in [0.1, 0.15) is 38.9 Å². The lowest BCUT2D eigenvalue weighted by Crippen LogP contribution is -2.32. The van der Waals surface area contributed by atoms with Gasteiger partial charge in [0.15, 0.2) is 11.0 Å². The second-order valence-electron chi connectivity index (χ2n) is 7.95. The molecule has 0 aliphatic carbocycles. The van der Waals surface area contributed by atoms with E-state index in [-0.39, 0.29) is 24.2 Å². The van der Waals surface area contributed by atoms with E-state index in [2.05, 4.69) is 20.8 Å². The summed E-state index contributed by atoms with van der Waals surface area (Å²) in [5.41, 5.74) is 4.41. The maximum Gasteiger partial charge on any atom is 0.251 e. The number of hydrogen-bond acceptors (Lipinski definition) is 7. The number of aryl methyl sites for hydroxylation is 3. The Balaban J connectivity index is 1.63. The molecule has 0 unspecified atom stereocenters. The van der Waals surface area contributed by atoms with Gasteiger partial charge in [-0.15, -0.1) is 10.2 Å². The van der Waals surface area contributed by atoms with Crippen LogP contribution in [0.3, 0.4) is 0 Å². The third kappa shape index (κ3) is 5.95. The van der Waals surface area contributed by atoms with E-state index in [1.165, 1.54) is 11.8 Å². The third-order valence-electron chi connectivity index (χ3n) is 5.29. The molecule has 10 heteroatoms. The zero-order valence-corrected chi connectivity index (χ0v) is 20.7. The zero-order chi connectivity index (χ0) is 24.8. The highest BCUT2D eigenvalue weighted by atomic mass is 32.2. The number of aromatic nitrogens is 3. The highest BCUT2D eigenvalue weighted by molar-refractivity contribution is 7.99. The van der Waals surface area contributed by atoms with E-state index in [0.29, 0.717) is 22.3 Å². The predicted molar refractivity (Wildman–Crippen MR) is 131 cm³/mol. The van der Waals surface area contributed by atoms with Crippen LogP contribution in [0.2, 0.25) is 0 Å². The molecule has 180 valence electrons. The van der Waals surface area contributed by atoms with Gasteiger partial charge in [-0.05, 0) is 56.2 Å². The van der Waals surface area contributed by atoms with Crippen LogP contribution < -0.4 is 15.4 Å². The van der Waals surface area contributed by atoms with Gasteiger partial charge in [0.2, 0.25) is 5.91 Å². The average molecular weight is 484 g/mol. The second-order valence-corrected chi connectivity index (χ2v) is 8.89. The minimum Gasteiger partial charge on any atom is -0.497 e. The van der Waals surface area contributed by atoms with Crippen molar-refractivity contribution in [2.45, 2.75) is 32.0 Å². The van der Waals surface area contributed by atoms with Gasteiger partial charge in [0, 0.05) is 18.3 Å². The number of ether oxygens (including phenoxy) is 1. The van der Waals surface area contributed by atoms with Gasteiger partial charge in [0.05, 0.1) is 19.5 Å². The number of carbonyl (C=O) groups is 2. The number of hydrogen-bond donors (Lipinski definition) is 3. The molecular weight excluding hydrogens is 454 g/mol. The first kappa shape index (κ1) is 25.3. The van der Waals surface area contributed by atoms with Crippen molar-refractivity contribution in [3.05, 3.63) is 64.5 Å². The van der Waals surface area contributed by atoms with E-state index in [9.17, 15) is 14.7 Å². The van der Waals surface area contributed by atoms with Crippen LogP contribution in [-0.2, 0) is 11.8 Å². The fourth-order valence-corrected chi connectivity index (χ4v) is 4.33. The monoisotopic (exact) mass is 483 g/mol. The minimum absolute atomic E-state index is 0.140. The summed E-state index contributed by atoms with van der Waals surface area (Å²) in [6.45, 7) is 5.59. The Hall–Kier alpha value is -3.37. The van der Waals surface area contributed by atoms with Crippen molar-refractivity contribution < 1.29 is 19.4 Å². The molecule has 0 saturated carbocycles. The van der Waals surface area contributed by atoms with Crippen molar-refractivity contribution in [2.24, 2.45) is 7.05 Å². The molecule has 0 aliphatic rings. The van der Waals surface area contributed by atoms with Crippen molar-refractivity contribution >= 4 is 29.3 Å². The summed E-state index contributed by atoms with van der Waals surface area (Å²) in [6.07, 6.45) is 0. The largest absolute Gasteiger partial charge is 0.497 e. The Morgan fingerprint density at radius 1 is 1.12 bits per heavy atom. The molecule has 0 aliphatic heterocycles. The van der Waals surface area contributed by atoms with Crippen LogP contribution in [0, 0.1) is 20.8 Å². The Labute approximate surface area is 202 Å². The Kier molecular flexibility index (Phi) is 8.30. The number of nitrogens with zero attached hydrogens (tertiary/aromatic N) is 3. The van der Waals surface area contributed by atoms with E-state index >= 15 is 0 Å². The first-order valence-corrected chi connectivity index (χ1v) is 11.7. The number of methoxy groups -OCH3 is 1. The highest BCUT2D eigenvalue weighted by Gasteiger charge is 2.22. The van der Waals surface area contributed by atoms with Crippen LogP contribution in [0.25, 0.3) is 0 Å². The first-order valence-electron chi connectivity index (χ1n) is 10.7.